The normalized spacial score (nSPS) is 10.6. The lowest BCUT2D eigenvalue weighted by molar-refractivity contribution is -0.387. The number of aryl methyl sites for hydroxylation is 2. The summed E-state index contributed by atoms with van der Waals surface area (Å²) in [7, 11) is 0. The topological polar surface area (TPSA) is 127 Å². The lowest BCUT2D eigenvalue weighted by atomic mass is 10.1. The number of carbonyl (C=O) groups is 1. The molecule has 10 heteroatoms. The molecular formula is C30H22N6O3S. The van der Waals surface area contributed by atoms with Crippen LogP contribution in [-0.4, -0.2) is 25.6 Å². The first-order chi connectivity index (χ1) is 19.3. The molecule has 0 fully saturated rings. The van der Waals surface area contributed by atoms with Gasteiger partial charge in [-0.1, -0.05) is 42.5 Å². The summed E-state index contributed by atoms with van der Waals surface area (Å²) in [6, 6.07) is 28.3. The molecule has 1 amide bonds. The zero-order chi connectivity index (χ0) is 28.2. The molecule has 0 saturated carbocycles. The molecule has 0 unspecified atom stereocenters. The number of hydrogen-bond donors (Lipinski definition) is 1. The van der Waals surface area contributed by atoms with Crippen LogP contribution in [0.4, 0.5) is 11.4 Å². The van der Waals surface area contributed by atoms with E-state index in [1.165, 1.54) is 24.3 Å². The summed E-state index contributed by atoms with van der Waals surface area (Å²) >= 11 is 1.10. The van der Waals surface area contributed by atoms with Crippen molar-refractivity contribution in [2.45, 2.75) is 23.9 Å². The maximum atomic E-state index is 12.9. The van der Waals surface area contributed by atoms with E-state index in [1.54, 1.807) is 18.2 Å². The first-order valence-electron chi connectivity index (χ1n) is 12.2. The summed E-state index contributed by atoms with van der Waals surface area (Å²) < 4.78 is 1.87. The number of benzene rings is 4. The number of nitro benzene ring substituents is 1. The number of aromatic nitrogens is 3. The van der Waals surface area contributed by atoms with Crippen LogP contribution < -0.4 is 5.32 Å². The Labute approximate surface area is 234 Å². The monoisotopic (exact) mass is 546 g/mol. The Morgan fingerprint density at radius 1 is 0.950 bits per heavy atom. The molecule has 0 saturated heterocycles. The molecule has 0 aliphatic heterocycles. The van der Waals surface area contributed by atoms with Crippen molar-refractivity contribution in [2.24, 2.45) is 0 Å². The minimum Gasteiger partial charge on any atom is -0.322 e. The van der Waals surface area contributed by atoms with E-state index in [0.717, 1.165) is 34.1 Å². The number of nitro groups is 1. The number of anilines is 1. The van der Waals surface area contributed by atoms with Crippen LogP contribution in [-0.2, 0) is 0 Å². The maximum absolute atomic E-state index is 12.9. The van der Waals surface area contributed by atoms with Gasteiger partial charge in [-0.2, -0.15) is 5.26 Å². The van der Waals surface area contributed by atoms with Crippen LogP contribution in [0.3, 0.4) is 0 Å². The van der Waals surface area contributed by atoms with Gasteiger partial charge in [0.2, 0.25) is 5.16 Å². The van der Waals surface area contributed by atoms with Gasteiger partial charge in [0, 0.05) is 22.9 Å². The van der Waals surface area contributed by atoms with E-state index in [1.807, 2.05) is 73.0 Å². The zero-order valence-corrected chi connectivity index (χ0v) is 22.3. The van der Waals surface area contributed by atoms with Crippen molar-refractivity contribution in [1.82, 2.24) is 14.8 Å². The number of carbonyl (C=O) groups excluding carboxylic acids is 1. The van der Waals surface area contributed by atoms with Gasteiger partial charge in [0.15, 0.2) is 5.82 Å². The van der Waals surface area contributed by atoms with Crippen molar-refractivity contribution in [3.05, 3.63) is 123 Å². The third-order valence-electron chi connectivity index (χ3n) is 6.28. The van der Waals surface area contributed by atoms with E-state index in [4.69, 9.17) is 5.26 Å². The molecule has 0 radical (unpaired) electrons. The van der Waals surface area contributed by atoms with Crippen LogP contribution in [0.2, 0.25) is 0 Å². The summed E-state index contributed by atoms with van der Waals surface area (Å²) in [5.41, 5.74) is 4.57. The molecule has 5 rings (SSSR count). The predicted octanol–water partition coefficient (Wildman–Crippen LogP) is 6.73. The number of rotatable bonds is 7. The van der Waals surface area contributed by atoms with Gasteiger partial charge in [0.1, 0.15) is 0 Å². The van der Waals surface area contributed by atoms with Gasteiger partial charge in [-0.25, -0.2) is 0 Å². The van der Waals surface area contributed by atoms with Gasteiger partial charge in [-0.05, 0) is 79.2 Å². The molecule has 0 aliphatic rings. The highest BCUT2D eigenvalue weighted by atomic mass is 32.2. The van der Waals surface area contributed by atoms with Crippen LogP contribution in [0.5, 0.6) is 0 Å². The molecule has 0 bridgehead atoms. The van der Waals surface area contributed by atoms with Crippen molar-refractivity contribution in [3.8, 4) is 23.1 Å². The fraction of sp³-hybridized carbons (Fsp3) is 0.0667. The molecule has 0 atom stereocenters. The largest absolute Gasteiger partial charge is 0.322 e. The summed E-state index contributed by atoms with van der Waals surface area (Å²) in [6.07, 6.45) is 0. The number of nitrogens with one attached hydrogen (secondary N) is 1. The Hall–Kier alpha value is -5.27. The summed E-state index contributed by atoms with van der Waals surface area (Å²) in [5, 5.41) is 33.1. The molecule has 196 valence electrons. The Kier molecular flexibility index (Phi) is 7.39. The van der Waals surface area contributed by atoms with Crippen LogP contribution >= 0.6 is 11.8 Å². The Morgan fingerprint density at radius 2 is 1.75 bits per heavy atom. The van der Waals surface area contributed by atoms with Crippen molar-refractivity contribution >= 4 is 29.0 Å². The third kappa shape index (κ3) is 5.45. The quantitative estimate of drug-likeness (QED) is 0.177. The van der Waals surface area contributed by atoms with E-state index in [9.17, 15) is 14.9 Å². The van der Waals surface area contributed by atoms with Gasteiger partial charge in [-0.3, -0.25) is 19.5 Å². The number of nitrogens with zero attached hydrogens (tertiary/aromatic N) is 5. The Balaban J connectivity index is 1.52. The van der Waals surface area contributed by atoms with Gasteiger partial charge in [0.25, 0.3) is 11.6 Å². The Bertz CT molecular complexity index is 1790. The van der Waals surface area contributed by atoms with Crippen molar-refractivity contribution < 1.29 is 9.72 Å². The summed E-state index contributed by atoms with van der Waals surface area (Å²) in [4.78, 5) is 24.7. The van der Waals surface area contributed by atoms with Gasteiger partial charge < -0.3 is 5.32 Å². The van der Waals surface area contributed by atoms with Crippen molar-refractivity contribution in [3.63, 3.8) is 0 Å². The first kappa shape index (κ1) is 26.3. The third-order valence-corrected chi connectivity index (χ3v) is 7.29. The smallest absolute Gasteiger partial charge is 0.284 e. The van der Waals surface area contributed by atoms with E-state index in [2.05, 4.69) is 15.5 Å². The number of amides is 1. The minimum absolute atomic E-state index is 0.110. The second-order valence-corrected chi connectivity index (χ2v) is 9.97. The second kappa shape index (κ2) is 11.2. The molecule has 4 aromatic carbocycles. The zero-order valence-electron chi connectivity index (χ0n) is 21.5. The molecule has 0 spiro atoms. The highest BCUT2D eigenvalue weighted by molar-refractivity contribution is 7.99. The second-order valence-electron chi connectivity index (χ2n) is 8.96. The molecule has 5 aromatic rings. The standard InChI is InChI=1S/C30H22N6O3S/c1-19-11-13-25(15-20(19)2)35-28(22-8-4-3-5-9-22)33-34-30(35)40-27-14-12-23(17-26(27)36(38)39)29(37)32-24-10-6-7-21(16-24)18-31/h3-17H,1-2H3,(H,32,37). The summed E-state index contributed by atoms with van der Waals surface area (Å²) in [5.74, 6) is 0.0732. The van der Waals surface area contributed by atoms with Crippen molar-refractivity contribution in [2.75, 3.05) is 5.32 Å². The van der Waals surface area contributed by atoms with E-state index in [-0.39, 0.29) is 11.3 Å². The number of hydrogen-bond acceptors (Lipinski definition) is 7. The fourth-order valence-electron chi connectivity index (χ4n) is 4.06. The van der Waals surface area contributed by atoms with Crippen molar-refractivity contribution in [1.29, 1.82) is 5.26 Å². The van der Waals surface area contributed by atoms with Crippen LogP contribution in [0, 0.1) is 35.3 Å². The average Bonchev–Trinajstić information content (AvgIpc) is 3.38. The highest BCUT2D eigenvalue weighted by Gasteiger charge is 2.23. The van der Waals surface area contributed by atoms with E-state index in [0.29, 0.717) is 27.1 Å². The van der Waals surface area contributed by atoms with Crippen LogP contribution in [0.25, 0.3) is 17.1 Å². The lowest BCUT2D eigenvalue weighted by Crippen LogP contribution is -2.12. The van der Waals surface area contributed by atoms with Gasteiger partial charge >= 0.3 is 0 Å². The molecule has 40 heavy (non-hydrogen) atoms. The fourth-order valence-corrected chi connectivity index (χ4v) is 5.00. The van der Waals surface area contributed by atoms with E-state index < -0.39 is 10.8 Å². The average molecular weight is 547 g/mol. The van der Waals surface area contributed by atoms with Gasteiger partial charge in [-0.15, -0.1) is 10.2 Å². The van der Waals surface area contributed by atoms with E-state index >= 15 is 0 Å². The first-order valence-corrected chi connectivity index (χ1v) is 13.0. The maximum Gasteiger partial charge on any atom is 0.284 e. The SMILES string of the molecule is Cc1ccc(-n2c(Sc3ccc(C(=O)Nc4cccc(C#N)c4)cc3[N+](=O)[O-])nnc2-c2ccccc2)cc1C. The summed E-state index contributed by atoms with van der Waals surface area (Å²) in [6.45, 7) is 4.05. The molecule has 1 heterocycles. The van der Waals surface area contributed by atoms with Crippen LogP contribution in [0.1, 0.15) is 27.0 Å². The number of nitriles is 1. The van der Waals surface area contributed by atoms with Gasteiger partial charge in [0.05, 0.1) is 27.1 Å². The highest BCUT2D eigenvalue weighted by Crippen LogP contribution is 2.37. The molecule has 1 N–H and O–H groups in total. The van der Waals surface area contributed by atoms with Crippen LogP contribution in [0.15, 0.2) is 101 Å². The minimum atomic E-state index is -0.528. The molecular weight excluding hydrogens is 524 g/mol. The molecule has 1 aromatic heterocycles. The predicted molar refractivity (Wildman–Crippen MR) is 153 cm³/mol. The molecule has 0 aliphatic carbocycles. The molecule has 9 nitrogen and oxygen atoms in total. The Morgan fingerprint density at radius 3 is 2.48 bits per heavy atom. The lowest BCUT2D eigenvalue weighted by Gasteiger charge is -2.12.